The number of carbonyl (C=O) groups excluding carboxylic acids is 1. The van der Waals surface area contributed by atoms with Crippen LogP contribution in [0, 0.1) is 17.1 Å². The number of halogens is 1. The van der Waals surface area contributed by atoms with E-state index in [2.05, 4.69) is 22.8 Å². The zero-order valence-electron chi connectivity index (χ0n) is 18.6. The molecule has 1 aromatic heterocycles. The van der Waals surface area contributed by atoms with Crippen LogP contribution in [0.2, 0.25) is 0 Å². The molecular weight excluding hydrogens is 423 g/mol. The molecule has 0 spiro atoms. The van der Waals surface area contributed by atoms with Gasteiger partial charge in [-0.3, -0.25) is 4.79 Å². The summed E-state index contributed by atoms with van der Waals surface area (Å²) in [6, 6.07) is 8.44. The highest BCUT2D eigenvalue weighted by Crippen LogP contribution is 2.20. The molecule has 3 N–H and O–H groups in total. The second kappa shape index (κ2) is 12.0. The van der Waals surface area contributed by atoms with E-state index in [0.717, 1.165) is 69.1 Å². The van der Waals surface area contributed by atoms with Crippen molar-refractivity contribution in [2.24, 2.45) is 0 Å². The normalized spacial score (nSPS) is 13.3. The van der Waals surface area contributed by atoms with Crippen LogP contribution in [0.5, 0.6) is 0 Å². The van der Waals surface area contributed by atoms with Crippen LogP contribution in [0.4, 0.5) is 10.2 Å². The number of carboxylic acids is 1. The van der Waals surface area contributed by atoms with E-state index in [0.29, 0.717) is 6.42 Å². The van der Waals surface area contributed by atoms with E-state index in [1.807, 2.05) is 0 Å². The van der Waals surface area contributed by atoms with Crippen LogP contribution in [-0.4, -0.2) is 34.6 Å². The van der Waals surface area contributed by atoms with Crippen molar-refractivity contribution in [3.05, 3.63) is 58.5 Å². The summed E-state index contributed by atoms with van der Waals surface area (Å²) in [6.45, 7) is 0.976. The fraction of sp³-hybridized carbons (Fsp3) is 0.440. The maximum Gasteiger partial charge on any atom is 0.326 e. The molecule has 33 heavy (non-hydrogen) atoms. The Balaban J connectivity index is 1.36. The van der Waals surface area contributed by atoms with Crippen molar-refractivity contribution >= 4 is 17.7 Å². The summed E-state index contributed by atoms with van der Waals surface area (Å²) in [5.74, 6) is -1.78. The number of hydrogen-bond acceptors (Lipinski definition) is 5. The second-order valence-electron chi connectivity index (χ2n) is 8.32. The molecule has 1 amide bonds. The Morgan fingerprint density at radius 3 is 2.73 bits per heavy atom. The quantitative estimate of drug-likeness (QED) is 0.440. The summed E-state index contributed by atoms with van der Waals surface area (Å²) in [7, 11) is 0. The molecule has 0 bridgehead atoms. The highest BCUT2D eigenvalue weighted by atomic mass is 19.1. The van der Waals surface area contributed by atoms with Crippen LogP contribution >= 0.6 is 0 Å². The Hall–Kier alpha value is -3.47. The van der Waals surface area contributed by atoms with E-state index >= 15 is 0 Å². The number of aromatic nitrogens is 1. The first-order valence-corrected chi connectivity index (χ1v) is 11.4. The molecule has 0 radical (unpaired) electrons. The van der Waals surface area contributed by atoms with Crippen LogP contribution in [0.25, 0.3) is 0 Å². The van der Waals surface area contributed by atoms with E-state index in [9.17, 15) is 19.1 Å². The standard InChI is InChI=1S/C25H29FN4O3/c26-21-15-17(16-27)10-13-20(21)24(31)30-22(25(32)33)9-5-3-1-2-4-8-19-12-11-18-7-6-14-28-23(18)29-19/h10-13,15,22H,1-9,14H2,(H,28,29)(H,30,31)(H,32,33). The summed E-state index contributed by atoms with van der Waals surface area (Å²) >= 11 is 0. The Kier molecular flexibility index (Phi) is 8.76. The molecule has 0 aliphatic carbocycles. The zero-order chi connectivity index (χ0) is 23.6. The number of fused-ring (bicyclic) bond motifs is 1. The van der Waals surface area contributed by atoms with Gasteiger partial charge in [0.15, 0.2) is 0 Å². The van der Waals surface area contributed by atoms with Gasteiger partial charge in [-0.15, -0.1) is 0 Å². The van der Waals surface area contributed by atoms with Crippen molar-refractivity contribution in [2.45, 2.75) is 63.8 Å². The second-order valence-corrected chi connectivity index (χ2v) is 8.32. The first-order chi connectivity index (χ1) is 16.0. The molecular formula is C25H29FN4O3. The number of nitrogens with one attached hydrogen (secondary N) is 2. The van der Waals surface area contributed by atoms with Gasteiger partial charge in [-0.25, -0.2) is 14.2 Å². The van der Waals surface area contributed by atoms with Crippen LogP contribution in [0.3, 0.4) is 0 Å². The lowest BCUT2D eigenvalue weighted by molar-refractivity contribution is -0.139. The molecule has 0 saturated carbocycles. The minimum absolute atomic E-state index is 0.0953. The smallest absolute Gasteiger partial charge is 0.326 e. The van der Waals surface area contributed by atoms with Gasteiger partial charge in [-0.05, 0) is 61.9 Å². The number of carbonyl (C=O) groups is 2. The number of aliphatic carboxylic acids is 1. The number of benzene rings is 1. The van der Waals surface area contributed by atoms with Gasteiger partial charge >= 0.3 is 5.97 Å². The van der Waals surface area contributed by atoms with Gasteiger partial charge in [0.2, 0.25) is 0 Å². The molecule has 3 rings (SSSR count). The summed E-state index contributed by atoms with van der Waals surface area (Å²) in [5, 5.41) is 23.9. The number of unbranched alkanes of at least 4 members (excludes halogenated alkanes) is 4. The highest BCUT2D eigenvalue weighted by molar-refractivity contribution is 5.96. The Morgan fingerprint density at radius 2 is 1.97 bits per heavy atom. The molecule has 1 atom stereocenters. The van der Waals surface area contributed by atoms with Gasteiger partial charge in [0, 0.05) is 12.2 Å². The number of amides is 1. The zero-order valence-corrected chi connectivity index (χ0v) is 18.6. The highest BCUT2D eigenvalue weighted by Gasteiger charge is 2.22. The van der Waals surface area contributed by atoms with Gasteiger partial charge in [0.05, 0.1) is 17.2 Å². The third-order valence-corrected chi connectivity index (χ3v) is 5.82. The van der Waals surface area contributed by atoms with Crippen LogP contribution in [0.15, 0.2) is 30.3 Å². The maximum absolute atomic E-state index is 14.0. The van der Waals surface area contributed by atoms with Gasteiger partial charge < -0.3 is 15.7 Å². The predicted molar refractivity (Wildman–Crippen MR) is 122 cm³/mol. The summed E-state index contributed by atoms with van der Waals surface area (Å²) < 4.78 is 14.0. The molecule has 2 aromatic rings. The van der Waals surface area contributed by atoms with Crippen LogP contribution in [0.1, 0.15) is 72.1 Å². The van der Waals surface area contributed by atoms with Gasteiger partial charge in [0.25, 0.3) is 5.91 Å². The summed E-state index contributed by atoms with van der Waals surface area (Å²) in [6.07, 6.45) is 7.92. The number of carboxylic acid groups (broad SMARTS) is 1. The van der Waals surface area contributed by atoms with Gasteiger partial charge in [-0.2, -0.15) is 5.26 Å². The number of nitriles is 1. The predicted octanol–water partition coefficient (Wildman–Crippen LogP) is 4.22. The maximum atomic E-state index is 14.0. The van der Waals surface area contributed by atoms with E-state index in [1.54, 1.807) is 6.07 Å². The molecule has 0 fully saturated rings. The number of nitrogens with zero attached hydrogens (tertiary/aromatic N) is 2. The topological polar surface area (TPSA) is 115 Å². The molecule has 0 saturated heterocycles. The van der Waals surface area contributed by atoms with E-state index in [4.69, 9.17) is 10.2 Å². The van der Waals surface area contributed by atoms with Crippen molar-refractivity contribution in [2.75, 3.05) is 11.9 Å². The van der Waals surface area contributed by atoms with Crippen LogP contribution < -0.4 is 10.6 Å². The Morgan fingerprint density at radius 1 is 1.18 bits per heavy atom. The van der Waals surface area contributed by atoms with E-state index in [-0.39, 0.29) is 17.5 Å². The van der Waals surface area contributed by atoms with Gasteiger partial charge in [-0.1, -0.05) is 31.7 Å². The molecule has 1 aliphatic rings. The van der Waals surface area contributed by atoms with E-state index < -0.39 is 23.7 Å². The fourth-order valence-electron chi connectivity index (χ4n) is 3.96. The van der Waals surface area contributed by atoms with Crippen molar-refractivity contribution < 1.29 is 19.1 Å². The first-order valence-electron chi connectivity index (χ1n) is 11.4. The third kappa shape index (κ3) is 7.01. The lowest BCUT2D eigenvalue weighted by atomic mass is 10.0. The number of anilines is 1. The minimum atomic E-state index is -1.15. The number of pyridine rings is 1. The lowest BCUT2D eigenvalue weighted by Crippen LogP contribution is -2.41. The average molecular weight is 453 g/mol. The van der Waals surface area contributed by atoms with Crippen LogP contribution in [-0.2, 0) is 17.6 Å². The van der Waals surface area contributed by atoms with Crippen molar-refractivity contribution in [3.8, 4) is 6.07 Å². The average Bonchev–Trinajstić information content (AvgIpc) is 2.82. The molecule has 8 heteroatoms. The van der Waals surface area contributed by atoms with Crippen molar-refractivity contribution in [1.82, 2.24) is 10.3 Å². The molecule has 7 nitrogen and oxygen atoms in total. The lowest BCUT2D eigenvalue weighted by Gasteiger charge is -2.17. The third-order valence-electron chi connectivity index (χ3n) is 5.82. The largest absolute Gasteiger partial charge is 0.480 e. The number of hydrogen-bond donors (Lipinski definition) is 3. The van der Waals surface area contributed by atoms with Crippen molar-refractivity contribution in [3.63, 3.8) is 0 Å². The molecule has 2 heterocycles. The molecule has 1 unspecified atom stereocenters. The van der Waals surface area contributed by atoms with Gasteiger partial charge in [0.1, 0.15) is 17.7 Å². The van der Waals surface area contributed by atoms with E-state index in [1.165, 1.54) is 17.7 Å². The summed E-state index contributed by atoms with van der Waals surface area (Å²) in [5.41, 5.74) is 2.20. The fourth-order valence-corrected chi connectivity index (χ4v) is 3.96. The number of rotatable bonds is 11. The first kappa shape index (κ1) is 24.2. The molecule has 1 aromatic carbocycles. The SMILES string of the molecule is N#Cc1ccc(C(=O)NC(CCCCCCCc2ccc3c(n2)NCCC3)C(=O)O)c(F)c1. The Labute approximate surface area is 193 Å². The van der Waals surface area contributed by atoms with Crippen molar-refractivity contribution in [1.29, 1.82) is 5.26 Å². The molecule has 174 valence electrons. The molecule has 1 aliphatic heterocycles. The summed E-state index contributed by atoms with van der Waals surface area (Å²) in [4.78, 5) is 28.5. The number of aryl methyl sites for hydroxylation is 2. The minimum Gasteiger partial charge on any atom is -0.480 e. The Bertz CT molecular complexity index is 1030. The monoisotopic (exact) mass is 452 g/mol.